The third-order valence-corrected chi connectivity index (χ3v) is 4.99. The minimum atomic E-state index is -0.143. The van der Waals surface area contributed by atoms with Gasteiger partial charge in [0.25, 0.3) is 5.56 Å². The molecule has 28 heavy (non-hydrogen) atoms. The van der Waals surface area contributed by atoms with Gasteiger partial charge in [-0.2, -0.15) is 0 Å². The van der Waals surface area contributed by atoms with Gasteiger partial charge in [0, 0.05) is 19.9 Å². The number of benzene rings is 1. The number of H-pyrrole nitrogens is 1. The van der Waals surface area contributed by atoms with Crippen molar-refractivity contribution in [3.8, 4) is 11.3 Å². The smallest absolute Gasteiger partial charge is 0.258 e. The van der Waals surface area contributed by atoms with Crippen LogP contribution in [0.1, 0.15) is 16.7 Å². The van der Waals surface area contributed by atoms with Crippen molar-refractivity contribution in [3.05, 3.63) is 63.6 Å². The Kier molecular flexibility index (Phi) is 4.65. The van der Waals surface area contributed by atoms with Crippen LogP contribution in [-0.4, -0.2) is 34.6 Å². The van der Waals surface area contributed by atoms with E-state index in [2.05, 4.69) is 29.4 Å². The van der Waals surface area contributed by atoms with Crippen LogP contribution >= 0.6 is 0 Å². The highest BCUT2D eigenvalue weighted by Crippen LogP contribution is 2.30. The Hall–Kier alpha value is -3.12. The molecule has 6 heteroatoms. The van der Waals surface area contributed by atoms with E-state index in [9.17, 15) is 4.79 Å². The molecule has 1 aromatic carbocycles. The Bertz CT molecular complexity index is 1240. The summed E-state index contributed by atoms with van der Waals surface area (Å²) in [7, 11) is 1.67. The summed E-state index contributed by atoms with van der Waals surface area (Å²) in [6.45, 7) is 7.27. The number of aromatic nitrogens is 3. The number of nitrogens with zero attached hydrogens (tertiary/aromatic N) is 2. The minimum absolute atomic E-state index is 0.143. The van der Waals surface area contributed by atoms with E-state index in [-0.39, 0.29) is 5.56 Å². The summed E-state index contributed by atoms with van der Waals surface area (Å²) in [5.41, 5.74) is 6.02. The molecule has 0 unspecified atom stereocenters. The number of aryl methyl sites for hydroxylation is 3. The van der Waals surface area contributed by atoms with Gasteiger partial charge in [0.05, 0.1) is 17.7 Å². The van der Waals surface area contributed by atoms with E-state index >= 15 is 0 Å². The van der Waals surface area contributed by atoms with Gasteiger partial charge in [-0.25, -0.2) is 4.98 Å². The number of pyridine rings is 2. The summed E-state index contributed by atoms with van der Waals surface area (Å²) in [4.78, 5) is 20.8. The van der Waals surface area contributed by atoms with Crippen LogP contribution in [0.25, 0.3) is 27.8 Å². The third-order valence-electron chi connectivity index (χ3n) is 4.99. The Balaban J connectivity index is 1.97. The number of rotatable bonds is 5. The lowest BCUT2D eigenvalue weighted by Gasteiger charge is -2.10. The molecule has 4 aromatic rings. The average Bonchev–Trinajstić information content (AvgIpc) is 3.02. The fourth-order valence-corrected chi connectivity index (χ4v) is 3.70. The second-order valence-corrected chi connectivity index (χ2v) is 7.17. The summed E-state index contributed by atoms with van der Waals surface area (Å²) in [6.07, 6.45) is 1.96. The van der Waals surface area contributed by atoms with Gasteiger partial charge >= 0.3 is 0 Å². The Labute approximate surface area is 163 Å². The first-order valence-corrected chi connectivity index (χ1v) is 9.34. The maximum atomic E-state index is 13.0. The van der Waals surface area contributed by atoms with Gasteiger partial charge in [0.2, 0.25) is 0 Å². The van der Waals surface area contributed by atoms with Crippen molar-refractivity contribution < 1.29 is 4.74 Å². The van der Waals surface area contributed by atoms with Crippen LogP contribution in [0, 0.1) is 20.8 Å². The van der Waals surface area contributed by atoms with Crippen molar-refractivity contribution in [2.24, 2.45) is 0 Å². The highest BCUT2D eigenvalue weighted by Gasteiger charge is 2.18. The van der Waals surface area contributed by atoms with Crippen LogP contribution in [0.3, 0.4) is 0 Å². The van der Waals surface area contributed by atoms with Crippen molar-refractivity contribution >= 4 is 22.4 Å². The molecule has 0 saturated heterocycles. The van der Waals surface area contributed by atoms with Crippen LogP contribution in [-0.2, 0) is 4.74 Å². The van der Waals surface area contributed by atoms with Crippen LogP contribution < -0.4 is 10.9 Å². The molecule has 3 heterocycles. The minimum Gasteiger partial charge on any atom is -0.383 e. The number of methoxy groups -OCH3 is 1. The highest BCUT2D eigenvalue weighted by atomic mass is 16.5. The lowest BCUT2D eigenvalue weighted by atomic mass is 10.0. The van der Waals surface area contributed by atoms with Gasteiger partial charge in [-0.15, -0.1) is 0 Å². The van der Waals surface area contributed by atoms with E-state index in [0.29, 0.717) is 24.4 Å². The number of imidazole rings is 1. The molecule has 0 saturated carbocycles. The second-order valence-electron chi connectivity index (χ2n) is 7.17. The normalized spacial score (nSPS) is 11.4. The molecule has 0 atom stereocenters. The average molecular weight is 376 g/mol. The molecular formula is C22H24N4O2. The topological polar surface area (TPSA) is 71.4 Å². The summed E-state index contributed by atoms with van der Waals surface area (Å²) < 4.78 is 7.16. The third kappa shape index (κ3) is 3.05. The first-order valence-electron chi connectivity index (χ1n) is 9.34. The van der Waals surface area contributed by atoms with Gasteiger partial charge in [-0.1, -0.05) is 17.7 Å². The van der Waals surface area contributed by atoms with Gasteiger partial charge in [0.1, 0.15) is 17.2 Å². The zero-order valence-electron chi connectivity index (χ0n) is 16.6. The Morgan fingerprint density at radius 1 is 1.18 bits per heavy atom. The number of ether oxygens (including phenoxy) is 1. The summed E-state index contributed by atoms with van der Waals surface area (Å²) in [5.74, 6) is 0.796. The van der Waals surface area contributed by atoms with E-state index < -0.39 is 0 Å². The molecule has 0 radical (unpaired) electrons. The van der Waals surface area contributed by atoms with Gasteiger partial charge in [-0.05, 0) is 55.5 Å². The van der Waals surface area contributed by atoms with Crippen molar-refractivity contribution in [1.29, 1.82) is 0 Å². The molecule has 0 amide bonds. The van der Waals surface area contributed by atoms with Crippen LogP contribution in [0.5, 0.6) is 0 Å². The number of fused-ring (bicyclic) bond motifs is 2. The number of nitrogens with one attached hydrogen (secondary N) is 2. The van der Waals surface area contributed by atoms with Gasteiger partial charge in [0.15, 0.2) is 0 Å². The number of anilines is 1. The molecule has 0 aliphatic rings. The van der Waals surface area contributed by atoms with E-state index in [0.717, 1.165) is 39.1 Å². The van der Waals surface area contributed by atoms with Crippen molar-refractivity contribution in [3.63, 3.8) is 0 Å². The number of hydrogen-bond donors (Lipinski definition) is 2. The van der Waals surface area contributed by atoms with E-state index in [4.69, 9.17) is 9.72 Å². The van der Waals surface area contributed by atoms with Gasteiger partial charge in [-0.3, -0.25) is 9.20 Å². The first kappa shape index (κ1) is 18.3. The molecule has 0 aliphatic carbocycles. The molecule has 0 bridgehead atoms. The number of aromatic amines is 1. The monoisotopic (exact) mass is 376 g/mol. The molecule has 0 aliphatic heterocycles. The van der Waals surface area contributed by atoms with Crippen LogP contribution in [0.4, 0.5) is 5.82 Å². The van der Waals surface area contributed by atoms with E-state index in [1.54, 1.807) is 7.11 Å². The summed E-state index contributed by atoms with van der Waals surface area (Å²) in [5, 5.41) is 4.39. The molecule has 0 spiro atoms. The Morgan fingerprint density at radius 2 is 2.00 bits per heavy atom. The molecule has 6 nitrogen and oxygen atoms in total. The summed E-state index contributed by atoms with van der Waals surface area (Å²) in [6, 6.07) is 10.1. The lowest BCUT2D eigenvalue weighted by molar-refractivity contribution is 0.210. The SMILES string of the molecule is COCCNc1c(-c2cc3cc(C)cc(C)c3[nH]c2=O)nc2c(C)cccn12. The molecule has 3 aromatic heterocycles. The highest BCUT2D eigenvalue weighted by molar-refractivity contribution is 5.88. The molecule has 0 fully saturated rings. The molecule has 144 valence electrons. The van der Waals surface area contributed by atoms with Crippen molar-refractivity contribution in [2.45, 2.75) is 20.8 Å². The fourth-order valence-electron chi connectivity index (χ4n) is 3.70. The maximum absolute atomic E-state index is 13.0. The molecule has 2 N–H and O–H groups in total. The van der Waals surface area contributed by atoms with Crippen molar-refractivity contribution in [2.75, 3.05) is 25.6 Å². The quantitative estimate of drug-likeness (QED) is 0.519. The van der Waals surface area contributed by atoms with Crippen LogP contribution in [0.2, 0.25) is 0 Å². The lowest BCUT2D eigenvalue weighted by Crippen LogP contribution is -2.13. The van der Waals surface area contributed by atoms with E-state index in [1.807, 2.05) is 42.6 Å². The maximum Gasteiger partial charge on any atom is 0.258 e. The second kappa shape index (κ2) is 7.13. The zero-order chi connectivity index (χ0) is 19.8. The zero-order valence-corrected chi connectivity index (χ0v) is 16.6. The number of hydrogen-bond acceptors (Lipinski definition) is 4. The predicted molar refractivity (Wildman–Crippen MR) is 113 cm³/mol. The first-order chi connectivity index (χ1) is 13.5. The Morgan fingerprint density at radius 3 is 2.79 bits per heavy atom. The standard InChI is InChI=1S/C22H24N4O2/c1-13-10-15(3)18-16(11-13)12-17(22(27)25-18)19-21(23-7-9-28-4)26-8-5-6-14(2)20(26)24-19/h5-6,8,10-12,23H,7,9H2,1-4H3,(H,25,27). The molecule has 4 rings (SSSR count). The largest absolute Gasteiger partial charge is 0.383 e. The summed E-state index contributed by atoms with van der Waals surface area (Å²) >= 11 is 0. The molecular weight excluding hydrogens is 352 g/mol. The van der Waals surface area contributed by atoms with Crippen LogP contribution in [0.15, 0.2) is 41.3 Å². The van der Waals surface area contributed by atoms with E-state index in [1.165, 1.54) is 0 Å². The predicted octanol–water partition coefficient (Wildman–Crippen LogP) is 3.83. The fraction of sp³-hybridized carbons (Fsp3) is 0.273. The van der Waals surface area contributed by atoms with Crippen molar-refractivity contribution in [1.82, 2.24) is 14.4 Å². The van der Waals surface area contributed by atoms with Gasteiger partial charge < -0.3 is 15.0 Å².